The zero-order valence-corrected chi connectivity index (χ0v) is 18.4. The van der Waals surface area contributed by atoms with Gasteiger partial charge in [0.1, 0.15) is 5.58 Å². The second kappa shape index (κ2) is 9.49. The van der Waals surface area contributed by atoms with Gasteiger partial charge in [-0.1, -0.05) is 43.0 Å². The van der Waals surface area contributed by atoms with Crippen molar-refractivity contribution >= 4 is 33.6 Å². The van der Waals surface area contributed by atoms with Crippen molar-refractivity contribution in [2.45, 2.75) is 37.2 Å². The number of benzene rings is 2. The van der Waals surface area contributed by atoms with Crippen LogP contribution in [0.15, 0.2) is 67.7 Å². The Morgan fingerprint density at radius 3 is 2.74 bits per heavy atom. The summed E-state index contributed by atoms with van der Waals surface area (Å²) < 4.78 is 12.3. The van der Waals surface area contributed by atoms with E-state index in [1.165, 1.54) is 17.8 Å². The minimum Gasteiger partial charge on any atom is -0.423 e. The molecule has 0 atom stereocenters. The average molecular weight is 437 g/mol. The van der Waals surface area contributed by atoms with Crippen molar-refractivity contribution in [2.24, 2.45) is 0 Å². The van der Waals surface area contributed by atoms with Crippen molar-refractivity contribution in [2.75, 3.05) is 13.7 Å². The number of aryl methyl sites for hydroxylation is 1. The molecule has 2 aromatic carbocycles. The second-order valence-corrected chi connectivity index (χ2v) is 8.22. The molecule has 0 fully saturated rings. The van der Waals surface area contributed by atoms with Gasteiger partial charge in [-0.2, -0.15) is 0 Å². The Kier molecular flexibility index (Phi) is 6.53. The van der Waals surface area contributed by atoms with Crippen LogP contribution in [0, 0.1) is 0 Å². The first-order valence-corrected chi connectivity index (χ1v) is 11.3. The predicted octanol–water partition coefficient (Wildman–Crippen LogP) is 4.39. The predicted molar refractivity (Wildman–Crippen MR) is 124 cm³/mol. The van der Waals surface area contributed by atoms with E-state index in [1.54, 1.807) is 17.7 Å². The minimum atomic E-state index is -0.375. The van der Waals surface area contributed by atoms with Crippen molar-refractivity contribution in [1.82, 2.24) is 9.55 Å². The van der Waals surface area contributed by atoms with Gasteiger partial charge in [0, 0.05) is 37.5 Å². The largest absolute Gasteiger partial charge is 0.423 e. The van der Waals surface area contributed by atoms with Crippen LogP contribution >= 0.6 is 11.8 Å². The third-order valence-electron chi connectivity index (χ3n) is 5.22. The van der Waals surface area contributed by atoms with Crippen molar-refractivity contribution in [1.29, 1.82) is 0 Å². The molecule has 31 heavy (non-hydrogen) atoms. The van der Waals surface area contributed by atoms with E-state index in [0.717, 1.165) is 22.9 Å². The number of rotatable bonds is 8. The Bertz CT molecular complexity index is 1340. The lowest BCUT2D eigenvalue weighted by Crippen LogP contribution is -2.24. The number of ether oxygens (including phenoxy) is 1. The number of nitrogens with zero attached hydrogens (tertiary/aromatic N) is 2. The maximum atomic E-state index is 13.1. The molecular weight excluding hydrogens is 412 g/mol. The van der Waals surface area contributed by atoms with E-state index in [1.807, 2.05) is 36.4 Å². The Balaban J connectivity index is 1.72. The molecule has 4 aromatic rings. The zero-order chi connectivity index (χ0) is 21.8. The fraction of sp³-hybridized carbons (Fsp3) is 0.292. The molecule has 2 heterocycles. The van der Waals surface area contributed by atoms with E-state index in [9.17, 15) is 9.59 Å². The molecule has 0 saturated heterocycles. The third-order valence-corrected chi connectivity index (χ3v) is 6.24. The molecule has 0 aliphatic carbocycles. The third kappa shape index (κ3) is 4.57. The van der Waals surface area contributed by atoms with Crippen LogP contribution in [0.25, 0.3) is 21.9 Å². The highest BCUT2D eigenvalue weighted by Crippen LogP contribution is 2.27. The highest BCUT2D eigenvalue weighted by molar-refractivity contribution is 7.98. The summed E-state index contributed by atoms with van der Waals surface area (Å²) in [5.74, 6) is 0.503. The summed E-state index contributed by atoms with van der Waals surface area (Å²) in [7, 11) is 1.65. The molecule has 0 aliphatic heterocycles. The van der Waals surface area contributed by atoms with E-state index >= 15 is 0 Å². The Morgan fingerprint density at radius 1 is 1.10 bits per heavy atom. The fourth-order valence-corrected chi connectivity index (χ4v) is 4.59. The first kappa shape index (κ1) is 21.3. The molecule has 0 unspecified atom stereocenters. The second-order valence-electron chi connectivity index (χ2n) is 7.28. The van der Waals surface area contributed by atoms with Crippen LogP contribution in [-0.2, 0) is 23.5 Å². The first-order valence-electron chi connectivity index (χ1n) is 10.3. The summed E-state index contributed by atoms with van der Waals surface area (Å²) in [5, 5.41) is 2.13. The number of methoxy groups -OCH3 is 1. The van der Waals surface area contributed by atoms with Gasteiger partial charge in [0.2, 0.25) is 0 Å². The molecule has 2 aromatic heterocycles. The van der Waals surface area contributed by atoms with Crippen LogP contribution < -0.4 is 11.2 Å². The number of thioether (sulfide) groups is 1. The first-order chi connectivity index (χ1) is 15.1. The highest BCUT2D eigenvalue weighted by atomic mass is 32.2. The van der Waals surface area contributed by atoms with Crippen molar-refractivity contribution in [3.63, 3.8) is 0 Å². The highest BCUT2D eigenvalue weighted by Gasteiger charge is 2.13. The standard InChI is InChI=1S/C24H24N2O4S/c1-3-16-9-10-18-17(14-22(27)30-21(18)13-16)15-31-24-25-20-8-5-4-7-19(20)23(28)26(24)11-6-12-29-2/h4-5,7-10,13-14H,3,6,11-12,15H2,1-2H3. The summed E-state index contributed by atoms with van der Waals surface area (Å²) >= 11 is 1.45. The van der Waals surface area contributed by atoms with Crippen molar-refractivity contribution < 1.29 is 9.15 Å². The molecule has 7 heteroatoms. The lowest BCUT2D eigenvalue weighted by atomic mass is 10.1. The average Bonchev–Trinajstić information content (AvgIpc) is 2.78. The molecule has 0 saturated carbocycles. The quantitative estimate of drug-likeness (QED) is 0.176. The van der Waals surface area contributed by atoms with Crippen LogP contribution in [0.2, 0.25) is 0 Å². The van der Waals surface area contributed by atoms with E-state index in [2.05, 4.69) is 6.92 Å². The summed E-state index contributed by atoms with van der Waals surface area (Å²) in [5.41, 5.74) is 2.80. The number of aromatic nitrogens is 2. The number of para-hydroxylation sites is 1. The van der Waals surface area contributed by atoms with Crippen LogP contribution in [-0.4, -0.2) is 23.3 Å². The minimum absolute atomic E-state index is 0.0609. The van der Waals surface area contributed by atoms with Crippen LogP contribution in [0.1, 0.15) is 24.5 Å². The topological polar surface area (TPSA) is 74.3 Å². The van der Waals surface area contributed by atoms with Gasteiger partial charge in [0.25, 0.3) is 5.56 Å². The molecule has 4 rings (SSSR count). The molecule has 6 nitrogen and oxygen atoms in total. The van der Waals surface area contributed by atoms with Crippen LogP contribution in [0.5, 0.6) is 0 Å². The summed E-state index contributed by atoms with van der Waals surface area (Å²) in [6.45, 7) is 3.14. The lowest BCUT2D eigenvalue weighted by Gasteiger charge is -2.13. The Labute approximate surface area is 183 Å². The molecule has 0 aliphatic rings. The number of fused-ring (bicyclic) bond motifs is 2. The van der Waals surface area contributed by atoms with Gasteiger partial charge >= 0.3 is 5.63 Å². The maximum absolute atomic E-state index is 13.1. The molecule has 0 spiro atoms. The van der Waals surface area contributed by atoms with Gasteiger partial charge in [-0.15, -0.1) is 0 Å². The molecule has 0 amide bonds. The van der Waals surface area contributed by atoms with E-state index in [4.69, 9.17) is 14.1 Å². The molecule has 0 radical (unpaired) electrons. The zero-order valence-electron chi connectivity index (χ0n) is 17.6. The van der Waals surface area contributed by atoms with Gasteiger partial charge in [-0.3, -0.25) is 9.36 Å². The summed E-state index contributed by atoms with van der Waals surface area (Å²) in [6.07, 6.45) is 1.58. The Hall–Kier alpha value is -2.90. The van der Waals surface area contributed by atoms with Gasteiger partial charge in [-0.05, 0) is 42.2 Å². The maximum Gasteiger partial charge on any atom is 0.336 e. The van der Waals surface area contributed by atoms with Gasteiger partial charge < -0.3 is 9.15 Å². The van der Waals surface area contributed by atoms with Gasteiger partial charge in [0.15, 0.2) is 5.16 Å². The van der Waals surface area contributed by atoms with Crippen LogP contribution in [0.3, 0.4) is 0 Å². The molecule has 0 bridgehead atoms. The lowest BCUT2D eigenvalue weighted by molar-refractivity contribution is 0.189. The summed E-state index contributed by atoms with van der Waals surface area (Å²) in [6, 6.07) is 14.8. The van der Waals surface area contributed by atoms with Crippen molar-refractivity contribution in [3.05, 3.63) is 80.4 Å². The molecular formula is C24H24N2O4S. The van der Waals surface area contributed by atoms with E-state index in [-0.39, 0.29) is 11.2 Å². The van der Waals surface area contributed by atoms with Gasteiger partial charge in [-0.25, -0.2) is 9.78 Å². The van der Waals surface area contributed by atoms with Crippen LogP contribution in [0.4, 0.5) is 0 Å². The smallest absolute Gasteiger partial charge is 0.336 e. The number of hydrogen-bond donors (Lipinski definition) is 0. The normalized spacial score (nSPS) is 11.4. The van der Waals surface area contributed by atoms with E-state index < -0.39 is 0 Å². The van der Waals surface area contributed by atoms with Gasteiger partial charge in [0.05, 0.1) is 10.9 Å². The SMILES string of the molecule is CCc1ccc2c(CSc3nc4ccccc4c(=O)n3CCCOC)cc(=O)oc2c1. The summed E-state index contributed by atoms with van der Waals surface area (Å²) in [4.78, 5) is 30.0. The fourth-order valence-electron chi connectivity index (χ4n) is 3.58. The monoisotopic (exact) mass is 436 g/mol. The Morgan fingerprint density at radius 2 is 1.94 bits per heavy atom. The molecule has 0 N–H and O–H groups in total. The van der Waals surface area contributed by atoms with Crippen molar-refractivity contribution in [3.8, 4) is 0 Å². The van der Waals surface area contributed by atoms with E-state index in [0.29, 0.717) is 47.0 Å². The molecule has 160 valence electrons. The number of hydrogen-bond acceptors (Lipinski definition) is 6.